The fraction of sp³-hybridized carbons (Fsp3) is 0.167. The summed E-state index contributed by atoms with van der Waals surface area (Å²) in [7, 11) is 3.02. The maximum atomic E-state index is 12.2. The molecule has 0 unspecified atom stereocenters. The number of carbonyl (C=O) groups excluding carboxylic acids is 1. The number of hydrogen-bond acceptors (Lipinski definition) is 7. The van der Waals surface area contributed by atoms with Gasteiger partial charge >= 0.3 is 0 Å². The van der Waals surface area contributed by atoms with E-state index in [1.54, 1.807) is 12.1 Å². The first-order valence-electron chi connectivity index (χ1n) is 10.0. The van der Waals surface area contributed by atoms with E-state index in [4.69, 9.17) is 30.5 Å². The Morgan fingerprint density at radius 2 is 1.68 bits per heavy atom. The average Bonchev–Trinajstić information content (AvgIpc) is 2.84. The Morgan fingerprint density at radius 1 is 1.03 bits per heavy atom. The molecule has 178 valence electrons. The fourth-order valence-corrected chi connectivity index (χ4v) is 3.27. The molecule has 0 aliphatic carbocycles. The van der Waals surface area contributed by atoms with Gasteiger partial charge in [-0.3, -0.25) is 4.79 Å². The first-order chi connectivity index (χ1) is 16.4. The van der Waals surface area contributed by atoms with E-state index in [0.29, 0.717) is 29.4 Å². The maximum Gasteiger partial charge on any atom is 0.271 e. The standard InChI is InChI=1S/C24H22BrClN2O6/c1-31-21-11-15(14-27-28-24(30)16-3-8-20(29)19(26)13-16)12-22(32-2)23(21)34-10-9-33-18-6-4-17(25)5-7-18/h3-8,11-14,29H,9-10H2,1-2H3,(H,28,30). The van der Waals surface area contributed by atoms with Crippen molar-refractivity contribution in [3.63, 3.8) is 0 Å². The number of hydrazone groups is 1. The van der Waals surface area contributed by atoms with E-state index in [0.717, 1.165) is 10.2 Å². The molecule has 3 rings (SSSR count). The van der Waals surface area contributed by atoms with Gasteiger partial charge in [0.1, 0.15) is 24.7 Å². The summed E-state index contributed by atoms with van der Waals surface area (Å²) in [5, 5.41) is 13.5. The lowest BCUT2D eigenvalue weighted by atomic mass is 10.2. The van der Waals surface area contributed by atoms with E-state index in [2.05, 4.69) is 26.5 Å². The Balaban J connectivity index is 1.63. The summed E-state index contributed by atoms with van der Waals surface area (Å²) in [4.78, 5) is 12.2. The number of ether oxygens (including phenoxy) is 4. The largest absolute Gasteiger partial charge is 0.506 e. The van der Waals surface area contributed by atoms with Crippen LogP contribution in [0.4, 0.5) is 0 Å². The molecule has 0 bridgehead atoms. The van der Waals surface area contributed by atoms with Crippen molar-refractivity contribution in [1.82, 2.24) is 5.43 Å². The third kappa shape index (κ3) is 6.79. The molecule has 0 saturated carbocycles. The molecular formula is C24H22BrClN2O6. The predicted molar refractivity (Wildman–Crippen MR) is 133 cm³/mol. The molecule has 0 aliphatic rings. The molecular weight excluding hydrogens is 528 g/mol. The molecule has 2 N–H and O–H groups in total. The van der Waals surface area contributed by atoms with Gasteiger partial charge in [-0.2, -0.15) is 5.10 Å². The van der Waals surface area contributed by atoms with Crippen molar-refractivity contribution < 1.29 is 28.8 Å². The number of amides is 1. The zero-order chi connectivity index (χ0) is 24.5. The van der Waals surface area contributed by atoms with Crippen molar-refractivity contribution in [2.75, 3.05) is 27.4 Å². The quantitative estimate of drug-likeness (QED) is 0.209. The number of benzene rings is 3. The molecule has 0 radical (unpaired) electrons. The summed E-state index contributed by atoms with van der Waals surface area (Å²) in [5.74, 6) is 1.42. The summed E-state index contributed by atoms with van der Waals surface area (Å²) in [6.07, 6.45) is 1.44. The zero-order valence-electron chi connectivity index (χ0n) is 18.4. The minimum Gasteiger partial charge on any atom is -0.506 e. The van der Waals surface area contributed by atoms with Gasteiger partial charge in [-0.1, -0.05) is 27.5 Å². The van der Waals surface area contributed by atoms with Gasteiger partial charge in [0.05, 0.1) is 25.5 Å². The lowest BCUT2D eigenvalue weighted by Crippen LogP contribution is -2.17. The van der Waals surface area contributed by atoms with E-state index in [-0.39, 0.29) is 22.9 Å². The van der Waals surface area contributed by atoms with Crippen LogP contribution in [0.1, 0.15) is 15.9 Å². The van der Waals surface area contributed by atoms with Gasteiger partial charge in [0.15, 0.2) is 11.5 Å². The van der Waals surface area contributed by atoms with E-state index in [9.17, 15) is 9.90 Å². The molecule has 0 fully saturated rings. The van der Waals surface area contributed by atoms with Gasteiger partial charge in [-0.05, 0) is 54.6 Å². The van der Waals surface area contributed by atoms with Gasteiger partial charge in [-0.25, -0.2) is 5.43 Å². The highest BCUT2D eigenvalue weighted by atomic mass is 79.9. The predicted octanol–water partition coefficient (Wildman–Crippen LogP) is 5.05. The van der Waals surface area contributed by atoms with E-state index < -0.39 is 5.91 Å². The fourth-order valence-electron chi connectivity index (χ4n) is 2.83. The maximum absolute atomic E-state index is 12.2. The third-order valence-electron chi connectivity index (χ3n) is 4.48. The van der Waals surface area contributed by atoms with E-state index in [1.807, 2.05) is 24.3 Å². The molecule has 3 aromatic carbocycles. The van der Waals surface area contributed by atoms with E-state index in [1.165, 1.54) is 38.6 Å². The Kier molecular flexibility index (Phi) is 9.00. The number of halogens is 2. The van der Waals surface area contributed by atoms with Gasteiger partial charge in [-0.15, -0.1) is 0 Å². The van der Waals surface area contributed by atoms with Gasteiger partial charge in [0.25, 0.3) is 5.91 Å². The minimum atomic E-state index is -0.484. The van der Waals surface area contributed by atoms with Crippen LogP contribution in [0.5, 0.6) is 28.7 Å². The first kappa shape index (κ1) is 25.2. The smallest absolute Gasteiger partial charge is 0.271 e. The van der Waals surface area contributed by atoms with Crippen molar-refractivity contribution in [1.29, 1.82) is 0 Å². The van der Waals surface area contributed by atoms with Crippen LogP contribution >= 0.6 is 27.5 Å². The van der Waals surface area contributed by atoms with Crippen molar-refractivity contribution in [3.05, 3.63) is 75.2 Å². The van der Waals surface area contributed by atoms with Crippen LogP contribution in [0, 0.1) is 0 Å². The Bertz CT molecular complexity index is 1150. The Labute approximate surface area is 210 Å². The summed E-state index contributed by atoms with van der Waals surface area (Å²) in [5.41, 5.74) is 3.26. The highest BCUT2D eigenvalue weighted by molar-refractivity contribution is 9.10. The highest BCUT2D eigenvalue weighted by Gasteiger charge is 2.14. The summed E-state index contributed by atoms with van der Waals surface area (Å²) in [6, 6.07) is 15.0. The second-order valence-electron chi connectivity index (χ2n) is 6.77. The molecule has 0 aromatic heterocycles. The van der Waals surface area contributed by atoms with Crippen molar-refractivity contribution in [3.8, 4) is 28.7 Å². The number of methoxy groups -OCH3 is 2. The molecule has 0 atom stereocenters. The molecule has 0 saturated heterocycles. The Morgan fingerprint density at radius 3 is 2.29 bits per heavy atom. The third-order valence-corrected chi connectivity index (χ3v) is 5.32. The molecule has 34 heavy (non-hydrogen) atoms. The molecule has 0 heterocycles. The van der Waals surface area contributed by atoms with Crippen LogP contribution in [0.25, 0.3) is 0 Å². The average molecular weight is 550 g/mol. The van der Waals surface area contributed by atoms with Crippen molar-refractivity contribution in [2.45, 2.75) is 0 Å². The molecule has 1 amide bonds. The number of rotatable bonds is 10. The number of aromatic hydroxyl groups is 1. The van der Waals surface area contributed by atoms with Gasteiger partial charge < -0.3 is 24.1 Å². The number of hydrogen-bond donors (Lipinski definition) is 2. The highest BCUT2D eigenvalue weighted by Crippen LogP contribution is 2.38. The van der Waals surface area contributed by atoms with Crippen LogP contribution < -0.4 is 24.4 Å². The number of nitrogens with zero attached hydrogens (tertiary/aromatic N) is 1. The second kappa shape index (κ2) is 12.2. The summed E-state index contributed by atoms with van der Waals surface area (Å²) in [6.45, 7) is 0.589. The minimum absolute atomic E-state index is 0.0731. The number of carbonyl (C=O) groups is 1. The SMILES string of the molecule is COc1cc(C=NNC(=O)c2ccc(O)c(Cl)c2)cc(OC)c1OCCOc1ccc(Br)cc1. The molecule has 10 heteroatoms. The van der Waals surface area contributed by atoms with Crippen LogP contribution in [0.15, 0.2) is 64.2 Å². The topological polar surface area (TPSA) is 98.6 Å². The molecule has 3 aromatic rings. The number of nitrogens with one attached hydrogen (secondary N) is 1. The number of phenolic OH excluding ortho intramolecular Hbond substituents is 1. The molecule has 0 aliphatic heterocycles. The zero-order valence-corrected chi connectivity index (χ0v) is 20.7. The van der Waals surface area contributed by atoms with Crippen LogP contribution in [-0.2, 0) is 0 Å². The second-order valence-corrected chi connectivity index (χ2v) is 8.09. The normalized spacial score (nSPS) is 10.7. The van der Waals surface area contributed by atoms with Crippen molar-refractivity contribution >= 4 is 39.7 Å². The monoisotopic (exact) mass is 548 g/mol. The van der Waals surface area contributed by atoms with Crippen LogP contribution in [0.3, 0.4) is 0 Å². The van der Waals surface area contributed by atoms with Crippen LogP contribution in [0.2, 0.25) is 5.02 Å². The summed E-state index contributed by atoms with van der Waals surface area (Å²) < 4.78 is 23.4. The summed E-state index contributed by atoms with van der Waals surface area (Å²) >= 11 is 9.22. The van der Waals surface area contributed by atoms with Gasteiger partial charge in [0.2, 0.25) is 5.75 Å². The van der Waals surface area contributed by atoms with Crippen LogP contribution in [-0.4, -0.2) is 44.7 Å². The number of phenols is 1. The molecule has 0 spiro atoms. The van der Waals surface area contributed by atoms with Gasteiger partial charge in [0, 0.05) is 15.6 Å². The Hall–Kier alpha value is -3.43. The molecule has 8 nitrogen and oxygen atoms in total. The lowest BCUT2D eigenvalue weighted by molar-refractivity contribution is 0.0955. The van der Waals surface area contributed by atoms with E-state index >= 15 is 0 Å². The lowest BCUT2D eigenvalue weighted by Gasteiger charge is -2.15. The first-order valence-corrected chi connectivity index (χ1v) is 11.2. The van der Waals surface area contributed by atoms with Crippen molar-refractivity contribution in [2.24, 2.45) is 5.10 Å².